The zero-order valence-corrected chi connectivity index (χ0v) is 17.1. The highest BCUT2D eigenvalue weighted by molar-refractivity contribution is 5.95. The van der Waals surface area contributed by atoms with Crippen LogP contribution in [0.5, 0.6) is 5.75 Å². The summed E-state index contributed by atoms with van der Waals surface area (Å²) in [6.07, 6.45) is 3.35. The highest BCUT2D eigenvalue weighted by Crippen LogP contribution is 2.27. The van der Waals surface area contributed by atoms with Crippen molar-refractivity contribution in [3.63, 3.8) is 0 Å². The van der Waals surface area contributed by atoms with Gasteiger partial charge in [-0.25, -0.2) is 9.07 Å². The Kier molecular flexibility index (Phi) is 6.12. The summed E-state index contributed by atoms with van der Waals surface area (Å²) in [7, 11) is 0. The summed E-state index contributed by atoms with van der Waals surface area (Å²) >= 11 is 0. The SMILES string of the molecule is N#Cc1ccccc1OCC(=O)NNC(=O)c1nn(-c2ccc(F)cc2)c2c1CCCC2. The Morgan fingerprint density at radius 3 is 2.62 bits per heavy atom. The molecule has 2 aromatic carbocycles. The predicted molar refractivity (Wildman–Crippen MR) is 112 cm³/mol. The molecule has 32 heavy (non-hydrogen) atoms. The van der Waals surface area contributed by atoms with Crippen LogP contribution in [0.25, 0.3) is 5.69 Å². The highest BCUT2D eigenvalue weighted by atomic mass is 19.1. The average Bonchev–Trinajstić information content (AvgIpc) is 3.21. The van der Waals surface area contributed by atoms with Crippen molar-refractivity contribution in [2.45, 2.75) is 25.7 Å². The molecule has 4 rings (SSSR count). The van der Waals surface area contributed by atoms with Crippen molar-refractivity contribution in [1.29, 1.82) is 5.26 Å². The molecule has 0 radical (unpaired) electrons. The van der Waals surface area contributed by atoms with Crippen LogP contribution >= 0.6 is 0 Å². The van der Waals surface area contributed by atoms with Gasteiger partial charge in [-0.2, -0.15) is 10.4 Å². The topological polar surface area (TPSA) is 109 Å². The van der Waals surface area contributed by atoms with E-state index in [4.69, 9.17) is 10.00 Å². The summed E-state index contributed by atoms with van der Waals surface area (Å²) in [5.74, 6) is -1.20. The van der Waals surface area contributed by atoms with Gasteiger partial charge in [0.15, 0.2) is 12.3 Å². The van der Waals surface area contributed by atoms with E-state index in [1.165, 1.54) is 12.1 Å². The van der Waals surface area contributed by atoms with Crippen molar-refractivity contribution in [3.8, 4) is 17.5 Å². The number of carbonyl (C=O) groups excluding carboxylic acids is 2. The summed E-state index contributed by atoms with van der Waals surface area (Å²) in [5, 5.41) is 13.5. The number of fused-ring (bicyclic) bond motifs is 1. The average molecular weight is 433 g/mol. The Morgan fingerprint density at radius 1 is 1.09 bits per heavy atom. The third-order valence-electron chi connectivity index (χ3n) is 5.15. The maximum Gasteiger partial charge on any atom is 0.290 e. The number of hydrogen-bond donors (Lipinski definition) is 2. The molecule has 1 aromatic heterocycles. The fourth-order valence-electron chi connectivity index (χ4n) is 3.63. The number of nitrogens with zero attached hydrogens (tertiary/aromatic N) is 3. The zero-order chi connectivity index (χ0) is 22.5. The minimum Gasteiger partial charge on any atom is -0.482 e. The van der Waals surface area contributed by atoms with Gasteiger partial charge in [0.2, 0.25) is 0 Å². The molecule has 0 saturated carbocycles. The van der Waals surface area contributed by atoms with Crippen molar-refractivity contribution < 1.29 is 18.7 Å². The van der Waals surface area contributed by atoms with Gasteiger partial charge in [0, 0.05) is 11.3 Å². The number of carbonyl (C=O) groups is 2. The van der Waals surface area contributed by atoms with Crippen LogP contribution in [-0.4, -0.2) is 28.2 Å². The van der Waals surface area contributed by atoms with Crippen LogP contribution in [0, 0.1) is 17.1 Å². The van der Waals surface area contributed by atoms with Gasteiger partial charge >= 0.3 is 0 Å². The minimum absolute atomic E-state index is 0.222. The number of halogens is 1. The Bertz CT molecular complexity index is 1200. The van der Waals surface area contributed by atoms with Gasteiger partial charge in [0.1, 0.15) is 17.6 Å². The van der Waals surface area contributed by atoms with Gasteiger partial charge in [0.05, 0.1) is 11.3 Å². The highest BCUT2D eigenvalue weighted by Gasteiger charge is 2.26. The number of nitrogens with one attached hydrogen (secondary N) is 2. The first kappa shape index (κ1) is 21.1. The van der Waals surface area contributed by atoms with E-state index in [-0.39, 0.29) is 23.9 Å². The van der Waals surface area contributed by atoms with Crippen LogP contribution in [0.1, 0.15) is 40.2 Å². The van der Waals surface area contributed by atoms with E-state index in [0.717, 1.165) is 30.5 Å². The van der Waals surface area contributed by atoms with E-state index >= 15 is 0 Å². The largest absolute Gasteiger partial charge is 0.482 e. The molecule has 1 heterocycles. The van der Waals surface area contributed by atoms with Gasteiger partial charge in [-0.1, -0.05) is 12.1 Å². The molecule has 1 aliphatic rings. The monoisotopic (exact) mass is 433 g/mol. The lowest BCUT2D eigenvalue weighted by molar-refractivity contribution is -0.123. The molecule has 0 fully saturated rings. The molecule has 0 saturated heterocycles. The Hall–Kier alpha value is -4.19. The Morgan fingerprint density at radius 2 is 1.84 bits per heavy atom. The maximum absolute atomic E-state index is 13.3. The molecule has 162 valence electrons. The molecule has 3 aromatic rings. The number of ether oxygens (including phenoxy) is 1. The van der Waals surface area contributed by atoms with E-state index in [2.05, 4.69) is 16.0 Å². The fourth-order valence-corrected chi connectivity index (χ4v) is 3.63. The van der Waals surface area contributed by atoms with E-state index in [1.807, 2.05) is 6.07 Å². The van der Waals surface area contributed by atoms with Gasteiger partial charge in [0.25, 0.3) is 11.8 Å². The number of benzene rings is 2. The number of rotatable bonds is 5. The van der Waals surface area contributed by atoms with Crippen LogP contribution in [0.3, 0.4) is 0 Å². The molecular weight excluding hydrogens is 413 g/mol. The van der Waals surface area contributed by atoms with E-state index in [9.17, 15) is 14.0 Å². The molecule has 8 nitrogen and oxygen atoms in total. The van der Waals surface area contributed by atoms with Crippen molar-refractivity contribution in [2.24, 2.45) is 0 Å². The smallest absolute Gasteiger partial charge is 0.290 e. The molecule has 0 atom stereocenters. The minimum atomic E-state index is -0.585. The molecule has 0 unspecified atom stereocenters. The van der Waals surface area contributed by atoms with Crippen LogP contribution < -0.4 is 15.6 Å². The van der Waals surface area contributed by atoms with Gasteiger partial charge in [-0.3, -0.25) is 20.4 Å². The lowest BCUT2D eigenvalue weighted by atomic mass is 9.95. The van der Waals surface area contributed by atoms with Crippen molar-refractivity contribution >= 4 is 11.8 Å². The normalized spacial score (nSPS) is 12.4. The summed E-state index contributed by atoms with van der Waals surface area (Å²) in [4.78, 5) is 24.9. The number of amides is 2. The first-order chi connectivity index (χ1) is 15.6. The first-order valence-corrected chi connectivity index (χ1v) is 10.1. The van der Waals surface area contributed by atoms with Crippen molar-refractivity contribution in [2.75, 3.05) is 6.61 Å². The van der Waals surface area contributed by atoms with Crippen molar-refractivity contribution in [3.05, 3.63) is 76.9 Å². The fraction of sp³-hybridized carbons (Fsp3) is 0.217. The maximum atomic E-state index is 13.3. The lowest BCUT2D eigenvalue weighted by Gasteiger charge is -2.14. The van der Waals surface area contributed by atoms with Crippen LogP contribution in [-0.2, 0) is 17.6 Å². The number of aromatic nitrogens is 2. The molecule has 1 aliphatic carbocycles. The molecular formula is C23H20FN5O3. The number of nitriles is 1. The summed E-state index contributed by atoms with van der Waals surface area (Å²) in [5.41, 5.74) is 7.61. The quantitative estimate of drug-likeness (QED) is 0.601. The second kappa shape index (κ2) is 9.31. The second-order valence-electron chi connectivity index (χ2n) is 7.27. The molecule has 9 heteroatoms. The van der Waals surface area contributed by atoms with Gasteiger partial charge in [-0.15, -0.1) is 0 Å². The second-order valence-corrected chi connectivity index (χ2v) is 7.27. The molecule has 0 bridgehead atoms. The molecule has 0 spiro atoms. The summed E-state index contributed by atoms with van der Waals surface area (Å²) in [6.45, 7) is -0.374. The summed E-state index contributed by atoms with van der Waals surface area (Å²) in [6, 6.07) is 14.4. The van der Waals surface area contributed by atoms with Gasteiger partial charge < -0.3 is 4.74 Å². The zero-order valence-electron chi connectivity index (χ0n) is 17.1. The van der Waals surface area contributed by atoms with Crippen LogP contribution in [0.15, 0.2) is 48.5 Å². The number of para-hydroxylation sites is 1. The van der Waals surface area contributed by atoms with Crippen molar-refractivity contribution in [1.82, 2.24) is 20.6 Å². The number of hydrazine groups is 1. The van der Waals surface area contributed by atoms with Gasteiger partial charge in [-0.05, 0) is 62.1 Å². The van der Waals surface area contributed by atoms with E-state index in [0.29, 0.717) is 17.7 Å². The van der Waals surface area contributed by atoms with E-state index in [1.54, 1.807) is 41.1 Å². The molecule has 2 amide bonds. The third kappa shape index (κ3) is 4.44. The van der Waals surface area contributed by atoms with Crippen LogP contribution in [0.4, 0.5) is 4.39 Å². The molecule has 2 N–H and O–H groups in total. The number of hydrogen-bond acceptors (Lipinski definition) is 5. The standard InChI is InChI=1S/C23H20FN5O3/c24-16-9-11-17(12-10-16)29-19-7-3-2-6-18(19)22(28-29)23(31)27-26-21(30)14-32-20-8-4-1-5-15(20)13-25/h1,4-5,8-12H,2-3,6-7,14H2,(H,26,30)(H,27,31). The lowest BCUT2D eigenvalue weighted by Crippen LogP contribution is -2.44. The first-order valence-electron chi connectivity index (χ1n) is 10.1. The third-order valence-corrected chi connectivity index (χ3v) is 5.15. The molecule has 0 aliphatic heterocycles. The van der Waals surface area contributed by atoms with Crippen LogP contribution in [0.2, 0.25) is 0 Å². The Labute approximate surface area is 183 Å². The Balaban J connectivity index is 1.44. The summed E-state index contributed by atoms with van der Waals surface area (Å²) < 4.78 is 20.3. The van der Waals surface area contributed by atoms with E-state index < -0.39 is 11.8 Å². The predicted octanol–water partition coefficient (Wildman–Crippen LogP) is 2.60.